The first kappa shape index (κ1) is 67.3. The van der Waals surface area contributed by atoms with E-state index in [2.05, 4.69) is 20.1 Å². The van der Waals surface area contributed by atoms with Crippen LogP contribution in [0.25, 0.3) is 20.9 Å². The molecule has 0 radical (unpaired) electrons. The highest BCUT2D eigenvalue weighted by molar-refractivity contribution is 5.89. The van der Waals surface area contributed by atoms with E-state index in [1.54, 1.807) is 37.4 Å². The number of hydrogen-bond donors (Lipinski definition) is 0. The molecule has 6 unspecified atom stereocenters. The molecule has 0 amide bonds. The maximum absolute atomic E-state index is 14.9. The summed E-state index contributed by atoms with van der Waals surface area (Å²) in [6.45, 7) is -0.111. The van der Waals surface area contributed by atoms with E-state index in [-0.39, 0.29) is 58.4 Å². The number of benzene rings is 7. The number of esters is 2. The summed E-state index contributed by atoms with van der Waals surface area (Å²) in [5.41, 5.74) is 25.6. The molecular weight excluding hydrogens is 1200 g/mol. The number of azide groups is 2. The van der Waals surface area contributed by atoms with Crippen molar-refractivity contribution in [2.45, 2.75) is 132 Å². The van der Waals surface area contributed by atoms with Crippen LogP contribution in [0.2, 0.25) is 0 Å². The molecule has 0 N–H and O–H groups in total. The quantitative estimate of drug-likeness (QED) is 0.0169. The third kappa shape index (κ3) is 18.4. The summed E-state index contributed by atoms with van der Waals surface area (Å²) in [4.78, 5) is 36.3. The van der Waals surface area contributed by atoms with Gasteiger partial charge in [0, 0.05) is 16.9 Å². The second-order valence-corrected chi connectivity index (χ2v) is 22.0. The molecule has 0 saturated carbocycles. The summed E-state index contributed by atoms with van der Waals surface area (Å²) in [6, 6.07) is 59.7. The Kier molecular flexibility index (Phi) is 25.3. The van der Waals surface area contributed by atoms with E-state index < -0.39 is 104 Å². The number of ether oxygens (including phenoxy) is 15. The van der Waals surface area contributed by atoms with Crippen molar-refractivity contribution in [2.24, 2.45) is 10.2 Å². The molecule has 3 aliphatic rings. The Balaban J connectivity index is 1.08. The molecular formula is C70H74N6O17. The first-order chi connectivity index (χ1) is 45.7. The maximum Gasteiger partial charge on any atom is 0.338 e. The first-order valence-electron chi connectivity index (χ1n) is 30.4. The van der Waals surface area contributed by atoms with E-state index in [1.165, 1.54) is 7.11 Å². The largest absolute Gasteiger partial charge is 0.497 e. The van der Waals surface area contributed by atoms with Crippen LogP contribution < -0.4 is 4.74 Å². The van der Waals surface area contributed by atoms with E-state index >= 15 is 0 Å². The van der Waals surface area contributed by atoms with Gasteiger partial charge in [0.25, 0.3) is 0 Å². The number of rotatable bonds is 31. The average Bonchev–Trinajstić information content (AvgIpc) is 0.799. The summed E-state index contributed by atoms with van der Waals surface area (Å²) < 4.78 is 98.5. The van der Waals surface area contributed by atoms with Gasteiger partial charge in [-0.15, -0.1) is 0 Å². The summed E-state index contributed by atoms with van der Waals surface area (Å²) in [7, 11) is 4.14. The smallest absolute Gasteiger partial charge is 0.338 e. The van der Waals surface area contributed by atoms with Crippen LogP contribution >= 0.6 is 0 Å². The number of hydrogen-bond acceptors (Lipinski definition) is 19. The molecule has 7 aromatic rings. The Hall–Kier alpha value is -8.58. The SMILES string of the molecule is COC(=O)C1O[C@@H](O[C@@H]2C(COCc3ccccc3)O[C@H](OC)C(N=[N+]=[N-])[C@H]2OCc2ccccc2)C(OC(=O)c2ccccc2)[C@@H](OCc2ccccc2)[C@@H]1O[C@H]1OC(COCc2ccccc2)[C@H](OCc2ccc(OC)cc2)[C@H](OCc2ccccc2)C1N=[N+]=[N-]. The zero-order valence-electron chi connectivity index (χ0n) is 51.6. The van der Waals surface area contributed by atoms with Crippen LogP contribution in [0, 0.1) is 0 Å². The number of carbonyl (C=O) groups excluding carboxylic acids is 2. The Labute approximate surface area is 538 Å². The molecule has 23 nitrogen and oxygen atoms in total. The van der Waals surface area contributed by atoms with Gasteiger partial charge in [0.1, 0.15) is 66.7 Å². The van der Waals surface area contributed by atoms with Crippen molar-refractivity contribution >= 4 is 11.9 Å². The summed E-state index contributed by atoms with van der Waals surface area (Å²) in [5.74, 6) is -1.20. The van der Waals surface area contributed by atoms with Crippen molar-refractivity contribution in [2.75, 3.05) is 34.5 Å². The highest BCUT2D eigenvalue weighted by atomic mass is 16.8. The van der Waals surface area contributed by atoms with Gasteiger partial charge in [-0.3, -0.25) is 0 Å². The van der Waals surface area contributed by atoms with Crippen LogP contribution in [-0.4, -0.2) is 138 Å². The minimum absolute atomic E-state index is 0.0111. The van der Waals surface area contributed by atoms with E-state index in [9.17, 15) is 20.7 Å². The van der Waals surface area contributed by atoms with Crippen molar-refractivity contribution in [3.8, 4) is 5.75 Å². The Morgan fingerprint density at radius 2 is 0.817 bits per heavy atom. The molecule has 0 aromatic heterocycles. The lowest BCUT2D eigenvalue weighted by atomic mass is 9.94. The predicted molar refractivity (Wildman–Crippen MR) is 335 cm³/mol. The minimum atomic E-state index is -1.83. The zero-order chi connectivity index (χ0) is 64.6. The van der Waals surface area contributed by atoms with Gasteiger partial charge in [-0.1, -0.05) is 192 Å². The van der Waals surface area contributed by atoms with Crippen LogP contribution in [0.3, 0.4) is 0 Å². The first-order valence-corrected chi connectivity index (χ1v) is 30.4. The molecule has 3 fully saturated rings. The zero-order valence-corrected chi connectivity index (χ0v) is 51.6. The van der Waals surface area contributed by atoms with Gasteiger partial charge in [0.2, 0.25) is 0 Å². The molecule has 3 saturated heterocycles. The molecule has 3 heterocycles. The average molecular weight is 1270 g/mol. The van der Waals surface area contributed by atoms with Gasteiger partial charge < -0.3 is 71.1 Å². The molecule has 15 atom stereocenters. The standard InChI is InChI=1S/C70H74N6O17/c1-79-53-36-34-51(35-37-53)43-84-58-54(44-82-38-46-22-10-4-11-23-46)89-69(57(74-76-72)60(58)85-40-48-26-14-6-15-27-48)92-63-62(87-42-50-30-18-8-19-31-50)65(90-66(77)52-32-20-9-21-33-52)70(93-64(63)67(78)80-2)91-59-55(45-83-39-47-24-12-5-13-25-47)88-68(81-3)56(73-75-71)61(59)86-41-49-28-16-7-17-29-49/h4-37,54-65,68-70H,38-45H2,1-3H3/t54?,55?,56?,57?,58-,59+,60+,61+,62-,63-,64?,65?,68-,69+,70+/m0/s1. The van der Waals surface area contributed by atoms with Gasteiger partial charge in [0.15, 0.2) is 31.1 Å². The molecule has 10 rings (SSSR count). The fraction of sp³-hybridized carbons (Fsp3) is 0.371. The van der Waals surface area contributed by atoms with Crippen LogP contribution in [0.5, 0.6) is 5.75 Å². The molecule has 7 aromatic carbocycles. The van der Waals surface area contributed by atoms with Gasteiger partial charge in [-0.25, -0.2) is 9.59 Å². The van der Waals surface area contributed by atoms with Crippen LogP contribution in [0.4, 0.5) is 0 Å². The molecule has 3 aliphatic heterocycles. The van der Waals surface area contributed by atoms with E-state index in [1.807, 2.05) is 176 Å². The van der Waals surface area contributed by atoms with Gasteiger partial charge in [-0.05, 0) is 68.7 Å². The van der Waals surface area contributed by atoms with Gasteiger partial charge in [-0.2, -0.15) is 0 Å². The van der Waals surface area contributed by atoms with Crippen LogP contribution in [0.1, 0.15) is 43.7 Å². The van der Waals surface area contributed by atoms with Crippen molar-refractivity contribution in [3.63, 3.8) is 0 Å². The summed E-state index contributed by atoms with van der Waals surface area (Å²) in [6.07, 6.45) is -18.3. The number of nitrogens with zero attached hydrogens (tertiary/aromatic N) is 6. The third-order valence-electron chi connectivity index (χ3n) is 15.8. The van der Waals surface area contributed by atoms with Gasteiger partial charge >= 0.3 is 11.9 Å². The highest BCUT2D eigenvalue weighted by Crippen LogP contribution is 2.40. The van der Waals surface area contributed by atoms with E-state index in [4.69, 9.17) is 71.1 Å². The van der Waals surface area contributed by atoms with Gasteiger partial charge in [0.05, 0.1) is 72.6 Å². The predicted octanol–water partition coefficient (Wildman–Crippen LogP) is 11.1. The second-order valence-electron chi connectivity index (χ2n) is 22.0. The Bertz CT molecular complexity index is 3470. The lowest BCUT2D eigenvalue weighted by Crippen LogP contribution is -2.68. The normalized spacial score (nSPS) is 25.9. The minimum Gasteiger partial charge on any atom is -0.497 e. The highest BCUT2D eigenvalue weighted by Gasteiger charge is 2.59. The van der Waals surface area contributed by atoms with Crippen LogP contribution in [0.15, 0.2) is 216 Å². The lowest BCUT2D eigenvalue weighted by Gasteiger charge is -2.50. The van der Waals surface area contributed by atoms with Crippen molar-refractivity contribution < 1.29 is 80.6 Å². The van der Waals surface area contributed by atoms with Crippen molar-refractivity contribution in [1.29, 1.82) is 0 Å². The topological polar surface area (TPSA) is 270 Å². The van der Waals surface area contributed by atoms with E-state index in [0.717, 1.165) is 34.9 Å². The third-order valence-corrected chi connectivity index (χ3v) is 15.8. The molecule has 0 aliphatic carbocycles. The Morgan fingerprint density at radius 3 is 1.28 bits per heavy atom. The molecule has 486 valence electrons. The monoisotopic (exact) mass is 1270 g/mol. The molecule has 0 spiro atoms. The molecule has 93 heavy (non-hydrogen) atoms. The lowest BCUT2D eigenvalue weighted by molar-refractivity contribution is -0.368. The van der Waals surface area contributed by atoms with Crippen LogP contribution in [-0.2, 0) is 111 Å². The molecule has 0 bridgehead atoms. The fourth-order valence-electron chi connectivity index (χ4n) is 11.2. The number of carbonyl (C=O) groups is 2. The second kappa shape index (κ2) is 34.9. The summed E-state index contributed by atoms with van der Waals surface area (Å²) in [5, 5.41) is 8.48. The van der Waals surface area contributed by atoms with E-state index in [0.29, 0.717) is 11.3 Å². The summed E-state index contributed by atoms with van der Waals surface area (Å²) >= 11 is 0. The van der Waals surface area contributed by atoms with Crippen molar-refractivity contribution in [3.05, 3.63) is 266 Å². The van der Waals surface area contributed by atoms with Crippen molar-refractivity contribution in [1.82, 2.24) is 0 Å². The maximum atomic E-state index is 14.9. The Morgan fingerprint density at radius 1 is 0.419 bits per heavy atom. The fourth-order valence-corrected chi connectivity index (χ4v) is 11.2. The molecule has 23 heteroatoms. The number of methoxy groups -OCH3 is 3.